The van der Waals surface area contributed by atoms with Gasteiger partial charge in [-0.3, -0.25) is 30.9 Å². The number of allylic oxidation sites excluding steroid dienone is 1. The van der Waals surface area contributed by atoms with Crippen LogP contribution in [0.2, 0.25) is 0 Å². The first-order valence-electron chi connectivity index (χ1n) is 14.3. The lowest BCUT2D eigenvalue weighted by Crippen LogP contribution is -2.72. The van der Waals surface area contributed by atoms with Crippen LogP contribution in [0.5, 0.6) is 0 Å². The van der Waals surface area contributed by atoms with Crippen LogP contribution in [0.4, 0.5) is 0 Å². The van der Waals surface area contributed by atoms with Gasteiger partial charge in [-0.25, -0.2) is 0 Å². The maximum Gasteiger partial charge on any atom is 0.224 e. The molecule has 5 fully saturated rings. The monoisotopic (exact) mass is 598 g/mol. The van der Waals surface area contributed by atoms with E-state index in [-0.39, 0.29) is 63.4 Å². The summed E-state index contributed by atoms with van der Waals surface area (Å²) in [5, 5.41) is 19.8. The lowest BCUT2D eigenvalue weighted by atomic mass is 9.91. The molecule has 218 valence electrons. The van der Waals surface area contributed by atoms with Gasteiger partial charge in [0.25, 0.3) is 0 Å². The maximum atomic E-state index is 13.0. The van der Waals surface area contributed by atoms with Gasteiger partial charge in [0.15, 0.2) is 5.78 Å². The molecule has 4 saturated heterocycles. The summed E-state index contributed by atoms with van der Waals surface area (Å²) in [6.07, 6.45) is 5.96. The molecular weight excluding hydrogens is 557 g/mol. The Morgan fingerprint density at radius 2 is 1.95 bits per heavy atom. The zero-order valence-electron chi connectivity index (χ0n) is 22.2. The van der Waals surface area contributed by atoms with Crippen molar-refractivity contribution in [2.24, 2.45) is 23.3 Å². The highest BCUT2D eigenvalue weighted by Gasteiger charge is 2.49. The molecule has 10 atom stereocenters. The van der Waals surface area contributed by atoms with Gasteiger partial charge in [-0.05, 0) is 12.8 Å². The number of nitrogens with one attached hydrogen (secondary N) is 5. The molecule has 6 rings (SSSR count). The van der Waals surface area contributed by atoms with Crippen LogP contribution in [-0.2, 0) is 14.3 Å². The number of ketones is 1. The van der Waals surface area contributed by atoms with Crippen molar-refractivity contribution in [3.8, 4) is 0 Å². The molecule has 0 aromatic carbocycles. The molecule has 11 nitrogen and oxygen atoms in total. The average molecular weight is 599 g/mol. The topological polar surface area (TPSA) is 159 Å². The van der Waals surface area contributed by atoms with Crippen LogP contribution in [0.15, 0.2) is 11.1 Å². The molecule has 0 spiro atoms. The van der Waals surface area contributed by atoms with Gasteiger partial charge in [-0.15, -0.1) is 35.3 Å². The number of hydrogen-bond donors (Lipinski definition) is 7. The molecule has 0 bridgehead atoms. The number of thioether (sulfide) groups is 3. The first-order valence-corrected chi connectivity index (χ1v) is 17.1. The van der Waals surface area contributed by atoms with Crippen molar-refractivity contribution in [1.29, 1.82) is 0 Å². The number of rotatable bonds is 7. The van der Waals surface area contributed by atoms with Gasteiger partial charge in [0, 0.05) is 61.3 Å². The van der Waals surface area contributed by atoms with Crippen molar-refractivity contribution in [2.45, 2.75) is 71.5 Å². The molecule has 6 aliphatic rings. The summed E-state index contributed by atoms with van der Waals surface area (Å²) >= 11 is 5.57. The van der Waals surface area contributed by atoms with Crippen LogP contribution < -0.4 is 38.1 Å². The van der Waals surface area contributed by atoms with Crippen molar-refractivity contribution in [2.75, 3.05) is 45.1 Å². The summed E-state index contributed by atoms with van der Waals surface area (Å²) < 4.78 is 5.52. The average Bonchev–Trinajstić information content (AvgIpc) is 3.58. The molecule has 1 aliphatic carbocycles. The minimum atomic E-state index is -0.359. The van der Waals surface area contributed by atoms with Gasteiger partial charge >= 0.3 is 0 Å². The number of amides is 1. The Balaban J connectivity index is 1.06. The Labute approximate surface area is 243 Å². The van der Waals surface area contributed by atoms with E-state index in [1.54, 1.807) is 11.8 Å². The Morgan fingerprint density at radius 1 is 1.13 bits per heavy atom. The van der Waals surface area contributed by atoms with Crippen molar-refractivity contribution >= 4 is 47.0 Å². The van der Waals surface area contributed by atoms with Gasteiger partial charge < -0.3 is 26.4 Å². The van der Waals surface area contributed by atoms with E-state index in [1.807, 2.05) is 29.6 Å². The second-order valence-electron chi connectivity index (χ2n) is 11.3. The Bertz CT molecular complexity index is 940. The fraction of sp³-hybridized carbons (Fsp3) is 0.840. The summed E-state index contributed by atoms with van der Waals surface area (Å²) in [6.45, 7) is 4.42. The second kappa shape index (κ2) is 12.8. The Morgan fingerprint density at radius 3 is 2.74 bits per heavy atom. The predicted octanol–water partition coefficient (Wildman–Crippen LogP) is -1.08. The molecule has 8 unspecified atom stereocenters. The quantitative estimate of drug-likeness (QED) is 0.190. The van der Waals surface area contributed by atoms with Crippen molar-refractivity contribution in [3.05, 3.63) is 11.1 Å². The summed E-state index contributed by atoms with van der Waals surface area (Å²) in [7, 11) is 0. The van der Waals surface area contributed by atoms with Crippen molar-refractivity contribution in [3.63, 3.8) is 0 Å². The van der Waals surface area contributed by atoms with E-state index >= 15 is 0 Å². The van der Waals surface area contributed by atoms with Crippen LogP contribution in [0.3, 0.4) is 0 Å². The number of nitrogens with two attached hydrogens (primary N) is 2. The number of nitrogens with zero attached hydrogens (tertiary/aromatic N) is 1. The smallest absolute Gasteiger partial charge is 0.224 e. The van der Waals surface area contributed by atoms with Crippen molar-refractivity contribution in [1.82, 2.24) is 31.5 Å². The summed E-state index contributed by atoms with van der Waals surface area (Å²) in [5.41, 5.74) is 12.2. The number of morpholine rings is 1. The highest BCUT2D eigenvalue weighted by molar-refractivity contribution is 8.07. The van der Waals surface area contributed by atoms with Gasteiger partial charge in [0.2, 0.25) is 5.91 Å². The number of hydrogen-bond acceptors (Lipinski definition) is 13. The van der Waals surface area contributed by atoms with E-state index in [2.05, 4.69) is 31.5 Å². The second-order valence-corrected chi connectivity index (χ2v) is 15.0. The van der Waals surface area contributed by atoms with Gasteiger partial charge in [0.1, 0.15) is 6.29 Å². The summed E-state index contributed by atoms with van der Waals surface area (Å²) in [4.78, 5) is 27.6. The molecule has 0 aromatic heterocycles. The van der Waals surface area contributed by atoms with E-state index in [0.717, 1.165) is 43.3 Å². The van der Waals surface area contributed by atoms with E-state index < -0.39 is 0 Å². The number of carbonyl (C=O) groups is 2. The normalized spacial score (nSPS) is 43.3. The molecule has 5 heterocycles. The summed E-state index contributed by atoms with van der Waals surface area (Å²) in [6, 6.07) is 0.399. The molecule has 9 N–H and O–H groups in total. The molecular formula is C25H42N8O3S3. The van der Waals surface area contributed by atoms with E-state index in [9.17, 15) is 9.59 Å². The highest BCUT2D eigenvalue weighted by Crippen LogP contribution is 2.50. The van der Waals surface area contributed by atoms with Crippen LogP contribution in [0, 0.1) is 11.8 Å². The van der Waals surface area contributed by atoms with E-state index in [4.69, 9.17) is 16.2 Å². The minimum absolute atomic E-state index is 0.0301. The van der Waals surface area contributed by atoms with E-state index in [1.165, 1.54) is 12.8 Å². The van der Waals surface area contributed by atoms with Gasteiger partial charge in [-0.1, -0.05) is 12.8 Å². The fourth-order valence-electron chi connectivity index (χ4n) is 6.49. The standard InChI is InChI=1S/C25H42N8O3S3/c26-15-3-1-2-4-16(15)30-25-29-10-13(22(27)35)23(32-25)31-18-11-28-24(38-18)14-12-37-21-17(34)9-19(39-20(14)21)33-5-7-36-8-6-33/h9,13-16,18,20-21,23-25,28-32H,1-8,10-12,26H2,(H2,27,35)/t13?,14?,15-,16+,18?,20?,21?,23?,24?,25?/m1/s1. The number of ether oxygens (including phenoxy) is 1. The van der Waals surface area contributed by atoms with Gasteiger partial charge in [0.05, 0.1) is 46.3 Å². The first kappa shape index (κ1) is 28.6. The SMILES string of the molecule is NC(=O)C1CNC(N[C@H]2CCCC[C@H]2N)NC1NC1CNC(C2CSC3C(=O)C=C(N4CCOCC4)SC32)S1. The van der Waals surface area contributed by atoms with Crippen molar-refractivity contribution < 1.29 is 14.3 Å². The zero-order valence-corrected chi connectivity index (χ0v) is 24.6. The lowest BCUT2D eigenvalue weighted by molar-refractivity contribution is -0.124. The summed E-state index contributed by atoms with van der Waals surface area (Å²) in [5.74, 6) is 0.929. The van der Waals surface area contributed by atoms with Crippen LogP contribution >= 0.6 is 35.3 Å². The molecule has 1 amide bonds. The predicted molar refractivity (Wildman–Crippen MR) is 158 cm³/mol. The van der Waals surface area contributed by atoms with E-state index in [0.29, 0.717) is 25.7 Å². The molecule has 1 saturated carbocycles. The van der Waals surface area contributed by atoms with Crippen LogP contribution in [0.1, 0.15) is 25.7 Å². The first-order chi connectivity index (χ1) is 19.0. The molecule has 0 radical (unpaired) electrons. The van der Waals surface area contributed by atoms with Crippen LogP contribution in [-0.4, -0.2) is 108 Å². The molecule has 0 aromatic rings. The Hall–Kier alpha value is -0.550. The third-order valence-electron chi connectivity index (χ3n) is 8.74. The number of fused-ring (bicyclic) bond motifs is 1. The highest BCUT2D eigenvalue weighted by atomic mass is 32.2. The Kier molecular flexibility index (Phi) is 9.34. The van der Waals surface area contributed by atoms with Gasteiger partial charge in [-0.2, -0.15) is 0 Å². The minimum Gasteiger partial charge on any atom is -0.378 e. The molecule has 14 heteroatoms. The maximum absolute atomic E-state index is 13.0. The van der Waals surface area contributed by atoms with Crippen LogP contribution in [0.25, 0.3) is 0 Å². The molecule has 39 heavy (non-hydrogen) atoms. The lowest BCUT2D eigenvalue weighted by Gasteiger charge is -2.41. The molecule has 5 aliphatic heterocycles. The zero-order chi connectivity index (χ0) is 26.9. The third kappa shape index (κ3) is 6.45. The largest absolute Gasteiger partial charge is 0.378 e. The fourth-order valence-corrected chi connectivity index (χ4v) is 11.6. The number of primary amides is 1. The third-order valence-corrected chi connectivity index (χ3v) is 13.3. The number of carbonyl (C=O) groups excluding carboxylic acids is 2.